The maximum atomic E-state index is 6.65. The highest BCUT2D eigenvalue weighted by Crippen LogP contribution is 2.37. The molecule has 2 aromatic rings. The van der Waals surface area contributed by atoms with E-state index in [0.29, 0.717) is 0 Å². The summed E-state index contributed by atoms with van der Waals surface area (Å²) in [4.78, 5) is 0. The summed E-state index contributed by atoms with van der Waals surface area (Å²) in [6.07, 6.45) is 0. The summed E-state index contributed by atoms with van der Waals surface area (Å²) in [6, 6.07) is 9.87. The van der Waals surface area contributed by atoms with Gasteiger partial charge in [-0.05, 0) is 60.7 Å². The van der Waals surface area contributed by atoms with Gasteiger partial charge in [0.2, 0.25) is 0 Å². The zero-order valence-electron chi connectivity index (χ0n) is 11.1. The van der Waals surface area contributed by atoms with E-state index in [9.17, 15) is 0 Å². The van der Waals surface area contributed by atoms with E-state index < -0.39 is 0 Å². The molecule has 0 bridgehead atoms. The van der Waals surface area contributed by atoms with Crippen LogP contribution in [0, 0.1) is 20.8 Å². The van der Waals surface area contributed by atoms with E-state index in [1.54, 1.807) is 0 Å². The molecule has 0 aliphatic rings. The number of hydrogen-bond acceptors (Lipinski definition) is 0. The maximum absolute atomic E-state index is 6.65. The van der Waals surface area contributed by atoms with Gasteiger partial charge in [0.25, 0.3) is 0 Å². The normalized spacial score (nSPS) is 12.5. The molecule has 2 aromatic carbocycles. The van der Waals surface area contributed by atoms with Crippen molar-refractivity contribution in [3.63, 3.8) is 0 Å². The first-order valence-electron chi connectivity index (χ1n) is 6.07. The van der Waals surface area contributed by atoms with Gasteiger partial charge in [-0.15, -0.1) is 11.6 Å². The largest absolute Gasteiger partial charge is 0.113 e. The topological polar surface area (TPSA) is 0 Å². The quantitative estimate of drug-likeness (QED) is 0.549. The van der Waals surface area contributed by atoms with E-state index in [1.807, 2.05) is 24.3 Å². The van der Waals surface area contributed by atoms with Gasteiger partial charge in [0.15, 0.2) is 0 Å². The highest BCUT2D eigenvalue weighted by molar-refractivity contribution is 9.10. The summed E-state index contributed by atoms with van der Waals surface area (Å²) >= 11 is 16.2. The van der Waals surface area contributed by atoms with Gasteiger partial charge in [0, 0.05) is 9.50 Å². The molecular formula is C16H15BrCl2. The zero-order valence-corrected chi connectivity index (χ0v) is 14.2. The third-order valence-corrected chi connectivity index (χ3v) is 5.30. The second kappa shape index (κ2) is 5.87. The smallest absolute Gasteiger partial charge is 0.0840 e. The van der Waals surface area contributed by atoms with Crippen molar-refractivity contribution < 1.29 is 0 Å². The van der Waals surface area contributed by atoms with Crippen molar-refractivity contribution in [2.24, 2.45) is 0 Å². The molecule has 0 fully saturated rings. The Labute approximate surface area is 132 Å². The van der Waals surface area contributed by atoms with Crippen molar-refractivity contribution in [3.05, 3.63) is 67.6 Å². The lowest BCUT2D eigenvalue weighted by Gasteiger charge is -2.19. The Bertz CT molecular complexity index is 603. The van der Waals surface area contributed by atoms with E-state index in [2.05, 4.69) is 42.8 Å². The average Bonchev–Trinajstić information content (AvgIpc) is 2.37. The number of rotatable bonds is 2. The Morgan fingerprint density at radius 3 is 2.16 bits per heavy atom. The SMILES string of the molecule is Cc1cc(C)c(C(Cl)c2ccc(Cl)cc2)c(C)c1Br. The minimum atomic E-state index is -0.158. The molecule has 1 unspecified atom stereocenters. The Morgan fingerprint density at radius 1 is 1.00 bits per heavy atom. The van der Waals surface area contributed by atoms with Crippen LogP contribution < -0.4 is 0 Å². The average molecular weight is 358 g/mol. The van der Waals surface area contributed by atoms with Crippen molar-refractivity contribution in [2.45, 2.75) is 26.1 Å². The van der Waals surface area contributed by atoms with Crippen LogP contribution in [0.4, 0.5) is 0 Å². The number of alkyl halides is 1. The molecule has 1 atom stereocenters. The molecule has 0 heterocycles. The van der Waals surface area contributed by atoms with Crippen molar-refractivity contribution in [2.75, 3.05) is 0 Å². The molecule has 0 N–H and O–H groups in total. The monoisotopic (exact) mass is 356 g/mol. The van der Waals surface area contributed by atoms with Crippen LogP contribution in [0.15, 0.2) is 34.8 Å². The van der Waals surface area contributed by atoms with Crippen LogP contribution in [0.5, 0.6) is 0 Å². The first-order chi connectivity index (χ1) is 8.91. The highest BCUT2D eigenvalue weighted by Gasteiger charge is 2.18. The second-order valence-corrected chi connectivity index (χ2v) is 6.44. The molecule has 0 aromatic heterocycles. The Kier molecular flexibility index (Phi) is 4.60. The summed E-state index contributed by atoms with van der Waals surface area (Å²) in [6.45, 7) is 6.30. The first kappa shape index (κ1) is 14.9. The molecule has 0 radical (unpaired) electrons. The van der Waals surface area contributed by atoms with E-state index in [0.717, 1.165) is 15.1 Å². The third-order valence-electron chi connectivity index (χ3n) is 3.35. The first-order valence-corrected chi connectivity index (χ1v) is 7.68. The molecule has 100 valence electrons. The Morgan fingerprint density at radius 2 is 1.58 bits per heavy atom. The Hall–Kier alpha value is -0.500. The zero-order chi connectivity index (χ0) is 14.2. The molecule has 19 heavy (non-hydrogen) atoms. The fourth-order valence-electron chi connectivity index (χ4n) is 2.36. The predicted octanol–water partition coefficient (Wildman–Crippen LogP) is 6.36. The van der Waals surface area contributed by atoms with Crippen molar-refractivity contribution >= 4 is 39.1 Å². The van der Waals surface area contributed by atoms with Gasteiger partial charge < -0.3 is 0 Å². The van der Waals surface area contributed by atoms with Crippen LogP contribution in [-0.2, 0) is 0 Å². The predicted molar refractivity (Wildman–Crippen MR) is 87.5 cm³/mol. The molecular weight excluding hydrogens is 343 g/mol. The summed E-state index contributed by atoms with van der Waals surface area (Å²) in [5.74, 6) is 0. The molecule has 0 saturated heterocycles. The van der Waals surface area contributed by atoms with Crippen LogP contribution in [0.1, 0.15) is 33.2 Å². The van der Waals surface area contributed by atoms with E-state index >= 15 is 0 Å². The van der Waals surface area contributed by atoms with Crippen molar-refractivity contribution in [1.29, 1.82) is 0 Å². The Balaban J connectivity index is 2.53. The highest BCUT2D eigenvalue weighted by atomic mass is 79.9. The van der Waals surface area contributed by atoms with Crippen LogP contribution in [-0.4, -0.2) is 0 Å². The lowest BCUT2D eigenvalue weighted by Crippen LogP contribution is -2.01. The molecule has 0 saturated carbocycles. The van der Waals surface area contributed by atoms with Crippen LogP contribution in [0.2, 0.25) is 5.02 Å². The fraction of sp³-hybridized carbons (Fsp3) is 0.250. The minimum absolute atomic E-state index is 0.158. The molecule has 0 aliphatic heterocycles. The minimum Gasteiger partial charge on any atom is -0.113 e. The molecule has 0 nitrogen and oxygen atoms in total. The molecule has 2 rings (SSSR count). The standard InChI is InChI=1S/C16H15BrCl2/c1-9-8-10(2)15(17)11(3)14(9)16(19)12-4-6-13(18)7-5-12/h4-8,16H,1-3H3. The number of benzene rings is 2. The van der Waals surface area contributed by atoms with Gasteiger partial charge in [0.05, 0.1) is 5.38 Å². The van der Waals surface area contributed by atoms with E-state index in [4.69, 9.17) is 23.2 Å². The summed E-state index contributed by atoms with van der Waals surface area (Å²) < 4.78 is 1.13. The lowest BCUT2D eigenvalue weighted by atomic mass is 9.94. The van der Waals surface area contributed by atoms with Gasteiger partial charge in [-0.25, -0.2) is 0 Å². The molecule has 0 spiro atoms. The van der Waals surface area contributed by atoms with Crippen LogP contribution in [0.25, 0.3) is 0 Å². The van der Waals surface area contributed by atoms with E-state index in [1.165, 1.54) is 22.3 Å². The number of aryl methyl sites for hydroxylation is 2. The van der Waals surface area contributed by atoms with Gasteiger partial charge in [-0.3, -0.25) is 0 Å². The van der Waals surface area contributed by atoms with E-state index in [-0.39, 0.29) is 5.38 Å². The summed E-state index contributed by atoms with van der Waals surface area (Å²) in [7, 11) is 0. The molecule has 3 heteroatoms. The number of hydrogen-bond donors (Lipinski definition) is 0. The summed E-state index contributed by atoms with van der Waals surface area (Å²) in [5, 5.41) is 0.570. The lowest BCUT2D eigenvalue weighted by molar-refractivity contribution is 1.07. The van der Waals surface area contributed by atoms with Gasteiger partial charge in [0.1, 0.15) is 0 Å². The third kappa shape index (κ3) is 2.99. The molecule has 0 aliphatic carbocycles. The fourth-order valence-corrected chi connectivity index (χ4v) is 3.30. The van der Waals surface area contributed by atoms with Crippen LogP contribution in [0.3, 0.4) is 0 Å². The van der Waals surface area contributed by atoms with Gasteiger partial charge in [-0.1, -0.05) is 45.7 Å². The molecule has 0 amide bonds. The van der Waals surface area contributed by atoms with Crippen molar-refractivity contribution in [3.8, 4) is 0 Å². The van der Waals surface area contributed by atoms with Gasteiger partial charge >= 0.3 is 0 Å². The summed E-state index contributed by atoms with van der Waals surface area (Å²) in [5.41, 5.74) is 5.88. The maximum Gasteiger partial charge on any atom is 0.0840 e. The van der Waals surface area contributed by atoms with Crippen LogP contribution >= 0.6 is 39.1 Å². The number of halogens is 3. The van der Waals surface area contributed by atoms with Gasteiger partial charge in [-0.2, -0.15) is 0 Å². The second-order valence-electron chi connectivity index (χ2n) is 4.78. The van der Waals surface area contributed by atoms with Crippen molar-refractivity contribution in [1.82, 2.24) is 0 Å².